The van der Waals surface area contributed by atoms with Crippen LogP contribution in [0.15, 0.2) is 24.3 Å². The fourth-order valence-corrected chi connectivity index (χ4v) is 3.69. The van der Waals surface area contributed by atoms with Crippen molar-refractivity contribution in [1.82, 2.24) is 15.1 Å². The van der Waals surface area contributed by atoms with E-state index in [1.54, 1.807) is 17.0 Å². The van der Waals surface area contributed by atoms with Crippen LogP contribution in [-0.4, -0.2) is 74.5 Å². The number of nitrogens with zero attached hydrogens (tertiary/aromatic N) is 3. The number of likely N-dealkylation sites (N-methyl/N-ethyl adjacent to an activating group) is 1. The molecule has 0 radical (unpaired) electrons. The van der Waals surface area contributed by atoms with Gasteiger partial charge in [-0.1, -0.05) is 17.7 Å². The first-order chi connectivity index (χ1) is 12.5. The Kier molecular flexibility index (Phi) is 6.51. The molecule has 7 heteroatoms. The van der Waals surface area contributed by atoms with Crippen LogP contribution in [0.5, 0.6) is 0 Å². The number of nitrogens with one attached hydrogen (secondary N) is 1. The van der Waals surface area contributed by atoms with E-state index in [0.717, 1.165) is 44.8 Å². The molecule has 1 N–H and O–H groups in total. The average Bonchev–Trinajstić information content (AvgIpc) is 3.02. The minimum atomic E-state index is -0.287. The molecule has 1 aromatic rings. The lowest BCUT2D eigenvalue weighted by Crippen LogP contribution is -2.45. The van der Waals surface area contributed by atoms with Crippen molar-refractivity contribution >= 4 is 29.1 Å². The second kappa shape index (κ2) is 8.84. The van der Waals surface area contributed by atoms with Gasteiger partial charge in [-0.05, 0) is 38.2 Å². The number of halogens is 1. The molecule has 2 amide bonds. The van der Waals surface area contributed by atoms with Crippen molar-refractivity contribution in [1.29, 1.82) is 0 Å². The van der Waals surface area contributed by atoms with Gasteiger partial charge in [0.2, 0.25) is 11.8 Å². The van der Waals surface area contributed by atoms with Crippen LogP contribution in [0.3, 0.4) is 0 Å². The van der Waals surface area contributed by atoms with Crippen molar-refractivity contribution in [3.63, 3.8) is 0 Å². The smallest absolute Gasteiger partial charge is 0.227 e. The molecule has 2 aliphatic heterocycles. The molecule has 2 fully saturated rings. The molecule has 2 aliphatic rings. The lowest BCUT2D eigenvalue weighted by molar-refractivity contribution is -0.126. The Bertz CT molecular complexity index is 646. The molecule has 0 saturated carbocycles. The van der Waals surface area contributed by atoms with Gasteiger partial charge in [0.05, 0.1) is 5.92 Å². The van der Waals surface area contributed by atoms with Gasteiger partial charge in [-0.3, -0.25) is 9.59 Å². The highest BCUT2D eigenvalue weighted by Crippen LogP contribution is 2.27. The highest BCUT2D eigenvalue weighted by molar-refractivity contribution is 6.30. The topological polar surface area (TPSA) is 55.9 Å². The number of benzene rings is 1. The number of piperazine rings is 1. The maximum Gasteiger partial charge on any atom is 0.227 e. The molecule has 1 aromatic carbocycles. The monoisotopic (exact) mass is 378 g/mol. The number of hydrogen-bond donors (Lipinski definition) is 1. The first-order valence-electron chi connectivity index (χ1n) is 9.27. The van der Waals surface area contributed by atoms with Crippen molar-refractivity contribution in [2.45, 2.75) is 12.8 Å². The summed E-state index contributed by atoms with van der Waals surface area (Å²) in [5.41, 5.74) is 0.757. The Labute approximate surface area is 160 Å². The molecule has 3 rings (SSSR count). The third kappa shape index (κ3) is 4.96. The highest BCUT2D eigenvalue weighted by atomic mass is 35.5. The zero-order valence-corrected chi connectivity index (χ0v) is 16.0. The van der Waals surface area contributed by atoms with Gasteiger partial charge in [0.25, 0.3) is 0 Å². The second-order valence-electron chi connectivity index (χ2n) is 7.17. The third-order valence-electron chi connectivity index (χ3n) is 5.16. The summed E-state index contributed by atoms with van der Waals surface area (Å²) < 4.78 is 0. The van der Waals surface area contributed by atoms with Crippen LogP contribution in [0, 0.1) is 5.92 Å². The molecular weight excluding hydrogens is 352 g/mol. The van der Waals surface area contributed by atoms with Gasteiger partial charge in [-0.15, -0.1) is 0 Å². The van der Waals surface area contributed by atoms with E-state index < -0.39 is 0 Å². The molecule has 26 heavy (non-hydrogen) atoms. The van der Waals surface area contributed by atoms with E-state index >= 15 is 0 Å². The molecule has 0 bridgehead atoms. The quantitative estimate of drug-likeness (QED) is 0.761. The van der Waals surface area contributed by atoms with Gasteiger partial charge in [-0.25, -0.2) is 0 Å². The zero-order valence-electron chi connectivity index (χ0n) is 15.3. The summed E-state index contributed by atoms with van der Waals surface area (Å²) in [5.74, 6) is -0.337. The van der Waals surface area contributed by atoms with E-state index in [2.05, 4.69) is 22.2 Å². The molecule has 0 aromatic heterocycles. The molecule has 2 heterocycles. The molecule has 2 saturated heterocycles. The number of amides is 2. The first-order valence-corrected chi connectivity index (χ1v) is 9.65. The molecular formula is C19H27ClN4O2. The van der Waals surface area contributed by atoms with Crippen molar-refractivity contribution in [2.75, 3.05) is 57.8 Å². The van der Waals surface area contributed by atoms with Crippen molar-refractivity contribution in [3.8, 4) is 0 Å². The standard InChI is InChI=1S/C19H27ClN4O2/c1-22-8-10-23(11-9-22)7-3-6-21-19(26)15-12-18(25)24(14-15)17-5-2-4-16(20)13-17/h2,4-5,13,15H,3,6-12,14H2,1H3,(H,21,26). The molecule has 142 valence electrons. The van der Waals surface area contributed by atoms with E-state index in [0.29, 0.717) is 18.1 Å². The van der Waals surface area contributed by atoms with Gasteiger partial charge >= 0.3 is 0 Å². The second-order valence-corrected chi connectivity index (χ2v) is 7.61. The fraction of sp³-hybridized carbons (Fsp3) is 0.579. The zero-order chi connectivity index (χ0) is 18.5. The van der Waals surface area contributed by atoms with Crippen LogP contribution < -0.4 is 10.2 Å². The maximum atomic E-state index is 12.4. The van der Waals surface area contributed by atoms with Crippen LogP contribution in [0.4, 0.5) is 5.69 Å². The Morgan fingerprint density at radius 3 is 2.77 bits per heavy atom. The average molecular weight is 379 g/mol. The SMILES string of the molecule is CN1CCN(CCCNC(=O)C2CC(=O)N(c3cccc(Cl)c3)C2)CC1. The van der Waals surface area contributed by atoms with E-state index in [-0.39, 0.29) is 24.2 Å². The van der Waals surface area contributed by atoms with Gasteiger partial charge in [0.15, 0.2) is 0 Å². The Hall–Kier alpha value is -1.63. The van der Waals surface area contributed by atoms with Crippen LogP contribution >= 0.6 is 11.6 Å². The van der Waals surface area contributed by atoms with Gasteiger partial charge in [0, 0.05) is 56.4 Å². The highest BCUT2D eigenvalue weighted by Gasteiger charge is 2.35. The summed E-state index contributed by atoms with van der Waals surface area (Å²) in [4.78, 5) is 31.1. The van der Waals surface area contributed by atoms with Crippen LogP contribution in [0.2, 0.25) is 5.02 Å². The Morgan fingerprint density at radius 2 is 2.04 bits per heavy atom. The molecule has 1 unspecified atom stereocenters. The van der Waals surface area contributed by atoms with Gasteiger partial charge in [-0.2, -0.15) is 0 Å². The minimum Gasteiger partial charge on any atom is -0.356 e. The predicted molar refractivity (Wildman–Crippen MR) is 103 cm³/mol. The first kappa shape index (κ1) is 19.1. The Balaban J connectivity index is 1.40. The fourth-order valence-electron chi connectivity index (χ4n) is 3.51. The van der Waals surface area contributed by atoms with E-state index in [4.69, 9.17) is 11.6 Å². The van der Waals surface area contributed by atoms with Crippen LogP contribution in [0.25, 0.3) is 0 Å². The minimum absolute atomic E-state index is 0.0233. The maximum absolute atomic E-state index is 12.4. The van der Waals surface area contributed by atoms with E-state index in [9.17, 15) is 9.59 Å². The van der Waals surface area contributed by atoms with Crippen molar-refractivity contribution < 1.29 is 9.59 Å². The molecule has 6 nitrogen and oxygen atoms in total. The third-order valence-corrected chi connectivity index (χ3v) is 5.40. The number of anilines is 1. The number of carbonyl (C=O) groups excluding carboxylic acids is 2. The number of carbonyl (C=O) groups is 2. The summed E-state index contributed by atoms with van der Waals surface area (Å²) in [6.45, 7) is 6.49. The largest absolute Gasteiger partial charge is 0.356 e. The summed E-state index contributed by atoms with van der Waals surface area (Å²) in [6.07, 6.45) is 1.20. The Morgan fingerprint density at radius 1 is 1.27 bits per heavy atom. The lowest BCUT2D eigenvalue weighted by Gasteiger charge is -2.32. The summed E-state index contributed by atoms with van der Waals surface area (Å²) in [6, 6.07) is 7.20. The van der Waals surface area contributed by atoms with Crippen LogP contribution in [0.1, 0.15) is 12.8 Å². The summed E-state index contributed by atoms with van der Waals surface area (Å²) in [5, 5.41) is 3.59. The number of hydrogen-bond acceptors (Lipinski definition) is 4. The van der Waals surface area contributed by atoms with Gasteiger partial charge in [0.1, 0.15) is 0 Å². The van der Waals surface area contributed by atoms with E-state index in [1.807, 2.05) is 12.1 Å². The lowest BCUT2D eigenvalue weighted by atomic mass is 10.1. The van der Waals surface area contributed by atoms with Crippen molar-refractivity contribution in [2.24, 2.45) is 5.92 Å². The molecule has 0 spiro atoms. The summed E-state index contributed by atoms with van der Waals surface area (Å²) >= 11 is 6.00. The normalized spacial score (nSPS) is 22.0. The predicted octanol–water partition coefficient (Wildman–Crippen LogP) is 1.45. The van der Waals surface area contributed by atoms with Crippen molar-refractivity contribution in [3.05, 3.63) is 29.3 Å². The number of rotatable bonds is 6. The van der Waals surface area contributed by atoms with E-state index in [1.165, 1.54) is 0 Å². The molecule has 1 atom stereocenters. The summed E-state index contributed by atoms with van der Waals surface area (Å²) in [7, 11) is 2.15. The van der Waals surface area contributed by atoms with Crippen LogP contribution in [-0.2, 0) is 9.59 Å². The van der Waals surface area contributed by atoms with Gasteiger partial charge < -0.3 is 20.0 Å². The molecule has 0 aliphatic carbocycles.